The molecule has 5 aliphatic carbocycles. The van der Waals surface area contributed by atoms with E-state index in [0.717, 1.165) is 46.3 Å². The smallest absolute Gasteiger partial charge is 0.0199 e. The Labute approximate surface area is 188 Å². The molecule has 0 heteroatoms. The summed E-state index contributed by atoms with van der Waals surface area (Å²) in [5.74, 6) is 5.96. The number of hydrogen-bond donors (Lipinski definition) is 0. The van der Waals surface area contributed by atoms with Gasteiger partial charge in [-0.1, -0.05) is 46.3 Å². The van der Waals surface area contributed by atoms with Gasteiger partial charge in [-0.25, -0.2) is 0 Å². The van der Waals surface area contributed by atoms with Crippen LogP contribution in [0.5, 0.6) is 0 Å². The zero-order valence-electron chi connectivity index (χ0n) is 21.3. The highest BCUT2D eigenvalue weighted by Crippen LogP contribution is 2.87. The average Bonchev–Trinajstić information content (AvgIpc) is 3.21. The molecule has 2 spiro atoms. The standard InChI is InChI=1S/C30H50/c1-20(2)9-8-10-21(3)23-11-12-24-25-13-14-26-27(5,6)22(4)15-16-30(26)19-29(25,30)18-17-28(23,24)7/h9,21-26H,8,10-19H2,1-7H3. The summed E-state index contributed by atoms with van der Waals surface area (Å²) in [5, 5.41) is 0. The van der Waals surface area contributed by atoms with Gasteiger partial charge in [0, 0.05) is 0 Å². The van der Waals surface area contributed by atoms with E-state index in [1.165, 1.54) is 31.3 Å². The van der Waals surface area contributed by atoms with Crippen molar-refractivity contribution >= 4 is 0 Å². The van der Waals surface area contributed by atoms with Crippen LogP contribution >= 0.6 is 0 Å². The Hall–Kier alpha value is -0.260. The second kappa shape index (κ2) is 6.87. The first kappa shape index (κ1) is 21.6. The van der Waals surface area contributed by atoms with E-state index in [0.29, 0.717) is 10.8 Å². The van der Waals surface area contributed by atoms with Crippen molar-refractivity contribution in [3.8, 4) is 0 Å². The van der Waals surface area contributed by atoms with Gasteiger partial charge in [-0.05, 0) is 142 Å². The zero-order valence-corrected chi connectivity index (χ0v) is 21.3. The van der Waals surface area contributed by atoms with Crippen LogP contribution in [0.3, 0.4) is 0 Å². The summed E-state index contributed by atoms with van der Waals surface area (Å²) in [6.45, 7) is 17.7. The fourth-order valence-corrected chi connectivity index (χ4v) is 10.9. The van der Waals surface area contributed by atoms with Gasteiger partial charge in [-0.3, -0.25) is 0 Å². The molecule has 5 rings (SSSR count). The van der Waals surface area contributed by atoms with Crippen molar-refractivity contribution < 1.29 is 0 Å². The van der Waals surface area contributed by atoms with Crippen molar-refractivity contribution in [2.75, 3.05) is 0 Å². The van der Waals surface area contributed by atoms with Crippen molar-refractivity contribution in [2.24, 2.45) is 57.2 Å². The predicted molar refractivity (Wildman–Crippen MR) is 129 cm³/mol. The molecule has 0 N–H and O–H groups in total. The highest BCUT2D eigenvalue weighted by Gasteiger charge is 2.79. The number of allylic oxidation sites excluding steroid dienone is 2. The second-order valence-electron chi connectivity index (χ2n) is 14.1. The van der Waals surface area contributed by atoms with Gasteiger partial charge >= 0.3 is 0 Å². The molecule has 0 bridgehead atoms. The first-order valence-corrected chi connectivity index (χ1v) is 13.7. The maximum atomic E-state index is 2.76. The third-order valence-electron chi connectivity index (χ3n) is 12.8. The third-order valence-corrected chi connectivity index (χ3v) is 12.8. The zero-order chi connectivity index (χ0) is 21.5. The summed E-state index contributed by atoms with van der Waals surface area (Å²) in [4.78, 5) is 0. The van der Waals surface area contributed by atoms with E-state index in [1.807, 2.05) is 0 Å². The lowest BCUT2D eigenvalue weighted by atomic mass is 9.45. The number of fused-ring (bicyclic) bond motifs is 2. The van der Waals surface area contributed by atoms with Gasteiger partial charge in [-0.15, -0.1) is 0 Å². The fourth-order valence-electron chi connectivity index (χ4n) is 10.9. The summed E-state index contributed by atoms with van der Waals surface area (Å²) < 4.78 is 0. The minimum atomic E-state index is 0.575. The lowest BCUT2D eigenvalue weighted by molar-refractivity contribution is -0.110. The van der Waals surface area contributed by atoms with Gasteiger partial charge in [0.05, 0.1) is 0 Å². The normalized spacial score (nSPS) is 51.8. The molecule has 0 aliphatic heterocycles. The largest absolute Gasteiger partial charge is 0.0859 e. The quantitative estimate of drug-likeness (QED) is 0.405. The Morgan fingerprint density at radius 3 is 2.37 bits per heavy atom. The lowest BCUT2D eigenvalue weighted by Gasteiger charge is -2.60. The molecule has 0 aromatic heterocycles. The van der Waals surface area contributed by atoms with E-state index < -0.39 is 0 Å². The maximum Gasteiger partial charge on any atom is -0.0199 e. The molecule has 5 fully saturated rings. The molecule has 30 heavy (non-hydrogen) atoms. The van der Waals surface area contributed by atoms with Crippen LogP contribution in [0.25, 0.3) is 0 Å². The van der Waals surface area contributed by atoms with Gasteiger partial charge in [0.1, 0.15) is 0 Å². The van der Waals surface area contributed by atoms with Crippen molar-refractivity contribution in [2.45, 2.75) is 119 Å². The van der Waals surface area contributed by atoms with Crippen molar-refractivity contribution in [1.29, 1.82) is 0 Å². The van der Waals surface area contributed by atoms with Crippen LogP contribution in [0.15, 0.2) is 11.6 Å². The van der Waals surface area contributed by atoms with Gasteiger partial charge in [-0.2, -0.15) is 0 Å². The molecule has 0 heterocycles. The van der Waals surface area contributed by atoms with E-state index in [9.17, 15) is 0 Å². The van der Waals surface area contributed by atoms with Crippen LogP contribution in [0, 0.1) is 57.2 Å². The molecule has 0 saturated heterocycles. The van der Waals surface area contributed by atoms with Gasteiger partial charge in [0.15, 0.2) is 0 Å². The topological polar surface area (TPSA) is 0 Å². The summed E-state index contributed by atoms with van der Waals surface area (Å²) >= 11 is 0. The van der Waals surface area contributed by atoms with Gasteiger partial charge in [0.2, 0.25) is 0 Å². The van der Waals surface area contributed by atoms with Crippen molar-refractivity contribution in [3.05, 3.63) is 11.6 Å². The fraction of sp³-hybridized carbons (Fsp3) is 0.933. The summed E-state index contributed by atoms with van der Waals surface area (Å²) in [6, 6.07) is 0. The molecule has 9 atom stereocenters. The Morgan fingerprint density at radius 2 is 1.63 bits per heavy atom. The van der Waals surface area contributed by atoms with Crippen LogP contribution in [-0.2, 0) is 0 Å². The van der Waals surface area contributed by atoms with E-state index in [-0.39, 0.29) is 0 Å². The molecular weight excluding hydrogens is 360 g/mol. The van der Waals surface area contributed by atoms with E-state index in [4.69, 9.17) is 0 Å². The molecule has 9 unspecified atom stereocenters. The molecule has 0 nitrogen and oxygen atoms in total. The monoisotopic (exact) mass is 410 g/mol. The van der Waals surface area contributed by atoms with E-state index in [1.54, 1.807) is 44.9 Å². The number of rotatable bonds is 4. The van der Waals surface area contributed by atoms with E-state index in [2.05, 4.69) is 54.5 Å². The van der Waals surface area contributed by atoms with Crippen molar-refractivity contribution in [1.82, 2.24) is 0 Å². The Kier molecular flexibility index (Phi) is 4.94. The molecule has 0 amide bonds. The molecular formula is C30H50. The molecule has 5 aliphatic rings. The minimum Gasteiger partial charge on any atom is -0.0859 e. The predicted octanol–water partition coefficient (Wildman–Crippen LogP) is 9.05. The first-order valence-electron chi connectivity index (χ1n) is 13.7. The van der Waals surface area contributed by atoms with Crippen LogP contribution < -0.4 is 0 Å². The van der Waals surface area contributed by atoms with Crippen LogP contribution in [0.2, 0.25) is 0 Å². The van der Waals surface area contributed by atoms with Crippen LogP contribution in [0.1, 0.15) is 119 Å². The Bertz CT molecular complexity index is 710. The summed E-state index contributed by atoms with van der Waals surface area (Å²) in [7, 11) is 0. The SMILES string of the molecule is CC(C)=CCCC(C)C1CCC2C3CCC4C(C)(C)C(C)CCC45CC35CCC12C. The van der Waals surface area contributed by atoms with Gasteiger partial charge < -0.3 is 0 Å². The second-order valence-corrected chi connectivity index (χ2v) is 14.1. The summed E-state index contributed by atoms with van der Waals surface area (Å²) in [6.07, 6.45) is 19.2. The van der Waals surface area contributed by atoms with Gasteiger partial charge in [0.25, 0.3) is 0 Å². The molecule has 5 saturated carbocycles. The third kappa shape index (κ3) is 2.70. The van der Waals surface area contributed by atoms with Crippen molar-refractivity contribution in [3.63, 3.8) is 0 Å². The van der Waals surface area contributed by atoms with E-state index >= 15 is 0 Å². The average molecular weight is 411 g/mol. The van der Waals surface area contributed by atoms with Crippen LogP contribution in [0.4, 0.5) is 0 Å². The molecule has 170 valence electrons. The number of hydrogen-bond acceptors (Lipinski definition) is 0. The molecule has 0 aromatic rings. The molecule has 0 aromatic carbocycles. The first-order chi connectivity index (χ1) is 14.1. The maximum absolute atomic E-state index is 2.76. The molecule has 0 radical (unpaired) electrons. The Balaban J connectivity index is 1.36. The highest BCUT2D eigenvalue weighted by molar-refractivity contribution is 5.28. The summed E-state index contributed by atoms with van der Waals surface area (Å²) in [5.41, 5.74) is 4.26. The Morgan fingerprint density at radius 1 is 0.900 bits per heavy atom. The lowest BCUT2D eigenvalue weighted by Crippen LogP contribution is -2.52. The minimum absolute atomic E-state index is 0.575. The highest BCUT2D eigenvalue weighted by atomic mass is 14.8. The van der Waals surface area contributed by atoms with Crippen LogP contribution in [-0.4, -0.2) is 0 Å².